The Kier molecular flexibility index (Phi) is 7.56. The molecule has 2 heterocycles. The summed E-state index contributed by atoms with van der Waals surface area (Å²) in [5.74, 6) is 2.79. The van der Waals surface area contributed by atoms with Gasteiger partial charge in [0.2, 0.25) is 0 Å². The molecule has 136 valence electrons. The molecular weight excluding hydrogens is 302 g/mol. The Morgan fingerprint density at radius 3 is 2.71 bits per heavy atom. The molecule has 0 spiro atoms. The van der Waals surface area contributed by atoms with Gasteiger partial charge in [0.15, 0.2) is 11.7 Å². The van der Waals surface area contributed by atoms with Gasteiger partial charge in [-0.25, -0.2) is 0 Å². The van der Waals surface area contributed by atoms with Crippen LogP contribution in [-0.2, 0) is 6.54 Å². The topological polar surface area (TPSA) is 65.7 Å². The number of nitrogens with one attached hydrogen (secondary N) is 2. The van der Waals surface area contributed by atoms with E-state index < -0.39 is 0 Å². The van der Waals surface area contributed by atoms with Crippen LogP contribution in [0.5, 0.6) is 0 Å². The second-order valence-corrected chi connectivity index (χ2v) is 6.96. The molecule has 0 atom stereocenters. The fourth-order valence-corrected chi connectivity index (χ4v) is 3.05. The largest absolute Gasteiger partial charge is 0.359 e. The van der Waals surface area contributed by atoms with Crippen LogP contribution in [0.25, 0.3) is 0 Å². The van der Waals surface area contributed by atoms with Crippen LogP contribution in [0, 0.1) is 5.92 Å². The lowest BCUT2D eigenvalue weighted by molar-refractivity contribution is 0.185. The first-order valence-corrected chi connectivity index (χ1v) is 9.24. The van der Waals surface area contributed by atoms with Crippen LogP contribution in [0.3, 0.4) is 0 Å². The summed E-state index contributed by atoms with van der Waals surface area (Å²) in [5.41, 5.74) is 0.994. The van der Waals surface area contributed by atoms with Gasteiger partial charge in [-0.3, -0.25) is 4.99 Å². The molecule has 24 heavy (non-hydrogen) atoms. The Labute approximate surface area is 146 Å². The van der Waals surface area contributed by atoms with Gasteiger partial charge in [-0.2, -0.15) is 0 Å². The summed E-state index contributed by atoms with van der Waals surface area (Å²) in [6.45, 7) is 11.7. The van der Waals surface area contributed by atoms with Gasteiger partial charge in [0.05, 0.1) is 12.2 Å². The molecule has 0 unspecified atom stereocenters. The molecule has 6 nitrogen and oxygen atoms in total. The summed E-state index contributed by atoms with van der Waals surface area (Å²) in [6, 6.07) is 2.01. The van der Waals surface area contributed by atoms with Crippen molar-refractivity contribution in [3.8, 4) is 0 Å². The van der Waals surface area contributed by atoms with Crippen molar-refractivity contribution < 1.29 is 4.52 Å². The molecule has 0 radical (unpaired) electrons. The van der Waals surface area contributed by atoms with Gasteiger partial charge in [0.25, 0.3) is 0 Å². The maximum absolute atomic E-state index is 5.35. The highest BCUT2D eigenvalue weighted by atomic mass is 16.5. The van der Waals surface area contributed by atoms with Crippen molar-refractivity contribution in [3.63, 3.8) is 0 Å². The molecule has 1 aliphatic rings. The van der Waals surface area contributed by atoms with Crippen molar-refractivity contribution in [2.24, 2.45) is 10.9 Å². The van der Waals surface area contributed by atoms with Gasteiger partial charge in [0, 0.05) is 19.7 Å². The molecule has 0 bridgehead atoms. The molecule has 1 aromatic heterocycles. The van der Waals surface area contributed by atoms with E-state index in [-0.39, 0.29) is 0 Å². The molecule has 1 aliphatic heterocycles. The van der Waals surface area contributed by atoms with Crippen LogP contribution >= 0.6 is 0 Å². The predicted molar refractivity (Wildman–Crippen MR) is 98.2 cm³/mol. The molecule has 0 saturated carbocycles. The van der Waals surface area contributed by atoms with Gasteiger partial charge in [-0.05, 0) is 50.7 Å². The summed E-state index contributed by atoms with van der Waals surface area (Å²) in [4.78, 5) is 6.86. The average molecular weight is 335 g/mol. The summed E-state index contributed by atoms with van der Waals surface area (Å²) in [7, 11) is 1.80. The molecule has 0 aromatic carbocycles. The van der Waals surface area contributed by atoms with E-state index in [0.29, 0.717) is 12.5 Å². The van der Waals surface area contributed by atoms with E-state index in [1.54, 1.807) is 7.05 Å². The third-order valence-electron chi connectivity index (χ3n) is 4.63. The third-order valence-corrected chi connectivity index (χ3v) is 4.63. The Morgan fingerprint density at radius 2 is 2.12 bits per heavy atom. The van der Waals surface area contributed by atoms with Crippen LogP contribution in [0.4, 0.5) is 0 Å². The molecule has 1 fully saturated rings. The molecule has 0 amide bonds. The zero-order valence-electron chi connectivity index (χ0n) is 15.6. The molecule has 1 saturated heterocycles. The fraction of sp³-hybridized carbons (Fsp3) is 0.778. The molecule has 1 aromatic rings. The molecule has 2 N–H and O–H groups in total. The van der Waals surface area contributed by atoms with Gasteiger partial charge < -0.3 is 20.1 Å². The van der Waals surface area contributed by atoms with E-state index in [2.05, 4.69) is 46.5 Å². The number of likely N-dealkylation sites (tertiary alicyclic amines) is 1. The van der Waals surface area contributed by atoms with E-state index in [4.69, 9.17) is 4.52 Å². The van der Waals surface area contributed by atoms with Gasteiger partial charge in [0.1, 0.15) is 0 Å². The maximum Gasteiger partial charge on any atom is 0.191 e. The monoisotopic (exact) mass is 335 g/mol. The average Bonchev–Trinajstić information content (AvgIpc) is 3.06. The molecule has 0 aliphatic carbocycles. The highest BCUT2D eigenvalue weighted by Gasteiger charge is 2.18. The Morgan fingerprint density at radius 1 is 1.38 bits per heavy atom. The zero-order chi connectivity index (χ0) is 17.4. The minimum Gasteiger partial charge on any atom is -0.359 e. The van der Waals surface area contributed by atoms with Crippen molar-refractivity contribution in [3.05, 3.63) is 17.5 Å². The number of piperidine rings is 1. The van der Waals surface area contributed by atoms with Crippen molar-refractivity contribution in [1.29, 1.82) is 0 Å². The summed E-state index contributed by atoms with van der Waals surface area (Å²) < 4.78 is 5.35. The summed E-state index contributed by atoms with van der Waals surface area (Å²) in [6.07, 6.45) is 3.79. The normalized spacial score (nSPS) is 17.5. The third kappa shape index (κ3) is 5.82. The number of aliphatic imine (C=N–C) groups is 1. The fourth-order valence-electron chi connectivity index (χ4n) is 3.05. The number of aromatic nitrogens is 1. The van der Waals surface area contributed by atoms with Gasteiger partial charge in [-0.1, -0.05) is 25.9 Å². The highest BCUT2D eigenvalue weighted by Crippen LogP contribution is 2.16. The van der Waals surface area contributed by atoms with Crippen molar-refractivity contribution in [2.45, 2.75) is 52.5 Å². The lowest BCUT2D eigenvalue weighted by Gasteiger charge is -2.32. The standard InChI is InChI=1S/C18H33N5O/c1-5-8-23-9-6-15(7-10-23)12-20-18(19-4)21-13-16-11-17(14(2)3)22-24-16/h11,14-15H,5-10,12-13H2,1-4H3,(H2,19,20,21). The SMILES string of the molecule is CCCN1CCC(CNC(=NC)NCc2cc(C(C)C)no2)CC1. The van der Waals surface area contributed by atoms with Crippen LogP contribution in [-0.4, -0.2) is 49.2 Å². The lowest BCUT2D eigenvalue weighted by Crippen LogP contribution is -2.42. The highest BCUT2D eigenvalue weighted by molar-refractivity contribution is 5.79. The lowest BCUT2D eigenvalue weighted by atomic mass is 9.97. The van der Waals surface area contributed by atoms with Crippen LogP contribution in [0.15, 0.2) is 15.6 Å². The zero-order valence-corrected chi connectivity index (χ0v) is 15.6. The first kappa shape index (κ1) is 18.8. The van der Waals surface area contributed by atoms with Crippen LogP contribution in [0.2, 0.25) is 0 Å². The van der Waals surface area contributed by atoms with Crippen LogP contribution < -0.4 is 10.6 Å². The van der Waals surface area contributed by atoms with Crippen molar-refractivity contribution in [2.75, 3.05) is 33.2 Å². The van der Waals surface area contributed by atoms with Gasteiger partial charge in [-0.15, -0.1) is 0 Å². The number of hydrogen-bond acceptors (Lipinski definition) is 4. The Bertz CT molecular complexity index is 503. The smallest absolute Gasteiger partial charge is 0.191 e. The second kappa shape index (κ2) is 9.67. The Balaban J connectivity index is 1.69. The minimum atomic E-state index is 0.388. The summed E-state index contributed by atoms with van der Waals surface area (Å²) in [5, 5.41) is 10.8. The minimum absolute atomic E-state index is 0.388. The first-order chi connectivity index (χ1) is 11.6. The maximum atomic E-state index is 5.35. The predicted octanol–water partition coefficient (Wildman–Crippen LogP) is 2.59. The number of rotatable bonds is 7. The quantitative estimate of drug-likeness (QED) is 0.592. The number of nitrogens with zero attached hydrogens (tertiary/aromatic N) is 3. The van der Waals surface area contributed by atoms with Crippen LogP contribution in [0.1, 0.15) is 57.4 Å². The van der Waals surface area contributed by atoms with Crippen molar-refractivity contribution in [1.82, 2.24) is 20.7 Å². The van der Waals surface area contributed by atoms with E-state index in [1.165, 1.54) is 38.9 Å². The first-order valence-electron chi connectivity index (χ1n) is 9.24. The molecule has 6 heteroatoms. The molecule has 2 rings (SSSR count). The Hall–Kier alpha value is -1.56. The van der Waals surface area contributed by atoms with E-state index in [9.17, 15) is 0 Å². The van der Waals surface area contributed by atoms with E-state index in [1.807, 2.05) is 6.07 Å². The molecular formula is C18H33N5O. The van der Waals surface area contributed by atoms with E-state index in [0.717, 1.165) is 29.9 Å². The summed E-state index contributed by atoms with van der Waals surface area (Å²) >= 11 is 0. The van der Waals surface area contributed by atoms with Gasteiger partial charge >= 0.3 is 0 Å². The van der Waals surface area contributed by atoms with Crippen molar-refractivity contribution >= 4 is 5.96 Å². The number of guanidine groups is 1. The second-order valence-electron chi connectivity index (χ2n) is 6.96. The van der Waals surface area contributed by atoms with E-state index >= 15 is 0 Å². The number of hydrogen-bond donors (Lipinski definition) is 2.